The van der Waals surface area contributed by atoms with Crippen molar-refractivity contribution in [3.63, 3.8) is 0 Å². The van der Waals surface area contributed by atoms with Gasteiger partial charge in [0.15, 0.2) is 0 Å². The van der Waals surface area contributed by atoms with Crippen molar-refractivity contribution < 1.29 is 29.3 Å². The van der Waals surface area contributed by atoms with Crippen LogP contribution in [0.4, 0.5) is 9.59 Å². The Balaban J connectivity index is -0.000000391. The van der Waals surface area contributed by atoms with Crippen molar-refractivity contribution in [3.05, 3.63) is 0 Å². The molecule has 0 fully saturated rings. The molecule has 30 heavy (non-hydrogen) atoms. The van der Waals surface area contributed by atoms with Crippen molar-refractivity contribution in [1.29, 1.82) is 0 Å². The van der Waals surface area contributed by atoms with Crippen molar-refractivity contribution in [1.82, 2.24) is 10.6 Å². The SMILES string of the molecule is CCNC(=O)OCC.CCNC(=O)OCC.OCCCCC#CC#CCCCCO. The fraction of sp³-hybridized carbons (Fsp3) is 0.727. The van der Waals surface area contributed by atoms with Gasteiger partial charge in [0.05, 0.1) is 13.2 Å². The van der Waals surface area contributed by atoms with Crippen LogP contribution < -0.4 is 10.6 Å². The molecule has 4 N–H and O–H groups in total. The minimum atomic E-state index is -0.338. The van der Waals surface area contributed by atoms with Gasteiger partial charge in [-0.05, 0) is 65.2 Å². The number of alkyl carbamates (subject to hydrolysis) is 2. The molecule has 0 aromatic carbocycles. The summed E-state index contributed by atoms with van der Waals surface area (Å²) >= 11 is 0. The molecule has 0 bridgehead atoms. The average molecular weight is 429 g/mol. The average Bonchev–Trinajstić information content (AvgIpc) is 2.71. The Hall–Kier alpha value is -2.42. The smallest absolute Gasteiger partial charge is 0.407 e. The Kier molecular flexibility index (Phi) is 33.6. The highest BCUT2D eigenvalue weighted by Gasteiger charge is 1.93. The second-order valence-corrected chi connectivity index (χ2v) is 5.47. The van der Waals surface area contributed by atoms with Crippen LogP contribution in [0.15, 0.2) is 0 Å². The lowest BCUT2D eigenvalue weighted by Gasteiger charge is -1.99. The van der Waals surface area contributed by atoms with Crippen LogP contribution in [0.5, 0.6) is 0 Å². The van der Waals surface area contributed by atoms with Crippen LogP contribution in [-0.4, -0.2) is 61.9 Å². The van der Waals surface area contributed by atoms with E-state index >= 15 is 0 Å². The fourth-order valence-electron chi connectivity index (χ4n) is 1.52. The van der Waals surface area contributed by atoms with E-state index in [0.717, 1.165) is 38.5 Å². The van der Waals surface area contributed by atoms with Gasteiger partial charge in [-0.1, -0.05) is 11.8 Å². The van der Waals surface area contributed by atoms with E-state index in [-0.39, 0.29) is 25.4 Å². The summed E-state index contributed by atoms with van der Waals surface area (Å²) in [4.78, 5) is 20.6. The largest absolute Gasteiger partial charge is 0.450 e. The lowest BCUT2D eigenvalue weighted by Crippen LogP contribution is -2.23. The summed E-state index contributed by atoms with van der Waals surface area (Å²) in [6.07, 6.45) is 4.46. The van der Waals surface area contributed by atoms with E-state index in [1.54, 1.807) is 13.8 Å². The molecule has 0 aromatic heterocycles. The number of rotatable bonds is 10. The molecule has 0 aromatic rings. The molecule has 0 radical (unpaired) electrons. The molecular formula is C22H40N2O6. The summed E-state index contributed by atoms with van der Waals surface area (Å²) < 4.78 is 9.06. The van der Waals surface area contributed by atoms with Crippen LogP contribution in [0.25, 0.3) is 0 Å². The van der Waals surface area contributed by atoms with E-state index in [0.29, 0.717) is 26.3 Å². The first kappa shape index (κ1) is 32.3. The number of carbonyl (C=O) groups excluding carboxylic acids is 2. The quantitative estimate of drug-likeness (QED) is 0.314. The van der Waals surface area contributed by atoms with Gasteiger partial charge in [0, 0.05) is 39.1 Å². The molecule has 0 aliphatic rings. The summed E-state index contributed by atoms with van der Waals surface area (Å²) in [5.41, 5.74) is 0. The number of ether oxygens (including phenoxy) is 2. The van der Waals surface area contributed by atoms with E-state index in [2.05, 4.69) is 43.8 Å². The monoisotopic (exact) mass is 428 g/mol. The highest BCUT2D eigenvalue weighted by molar-refractivity contribution is 5.67. The lowest BCUT2D eigenvalue weighted by atomic mass is 10.2. The standard InChI is InChI=1S/C12H18O2.2C5H11NO2/c13-11-9-7-5-3-1-2-4-6-8-10-12-14;2*1-3-6-5(7)8-4-2/h13-14H,5-12H2;2*3-4H2,1-2H3,(H,6,7). The van der Waals surface area contributed by atoms with Gasteiger partial charge in [0.2, 0.25) is 0 Å². The van der Waals surface area contributed by atoms with Gasteiger partial charge in [0.1, 0.15) is 0 Å². The van der Waals surface area contributed by atoms with Crippen LogP contribution in [0.3, 0.4) is 0 Å². The minimum Gasteiger partial charge on any atom is -0.450 e. The molecule has 2 amide bonds. The Morgan fingerprint density at radius 3 is 1.33 bits per heavy atom. The minimum absolute atomic E-state index is 0.245. The molecule has 0 saturated heterocycles. The summed E-state index contributed by atoms with van der Waals surface area (Å²) in [6, 6.07) is 0. The number of hydrogen-bond donors (Lipinski definition) is 4. The summed E-state index contributed by atoms with van der Waals surface area (Å²) in [6.45, 7) is 9.84. The van der Waals surface area contributed by atoms with Crippen molar-refractivity contribution in [3.8, 4) is 23.7 Å². The maximum absolute atomic E-state index is 10.3. The van der Waals surface area contributed by atoms with Crippen LogP contribution in [0.2, 0.25) is 0 Å². The number of aliphatic hydroxyl groups excluding tert-OH is 2. The van der Waals surface area contributed by atoms with Crippen LogP contribution in [0, 0.1) is 23.7 Å². The zero-order valence-electron chi connectivity index (χ0n) is 19.0. The number of hydrogen-bond acceptors (Lipinski definition) is 6. The second kappa shape index (κ2) is 31.3. The second-order valence-electron chi connectivity index (χ2n) is 5.47. The Morgan fingerprint density at radius 2 is 1.07 bits per heavy atom. The number of amides is 2. The molecule has 0 atom stereocenters. The van der Waals surface area contributed by atoms with Gasteiger partial charge in [-0.2, -0.15) is 0 Å². The van der Waals surface area contributed by atoms with Crippen LogP contribution in [0.1, 0.15) is 66.2 Å². The predicted molar refractivity (Wildman–Crippen MR) is 119 cm³/mol. The van der Waals surface area contributed by atoms with Gasteiger partial charge in [-0.3, -0.25) is 0 Å². The van der Waals surface area contributed by atoms with E-state index in [9.17, 15) is 9.59 Å². The summed E-state index contributed by atoms with van der Waals surface area (Å²) in [5, 5.41) is 22.0. The molecule has 174 valence electrons. The van der Waals surface area contributed by atoms with Crippen molar-refractivity contribution in [2.45, 2.75) is 66.2 Å². The lowest BCUT2D eigenvalue weighted by molar-refractivity contribution is 0.152. The molecule has 8 heteroatoms. The molecule has 0 heterocycles. The maximum Gasteiger partial charge on any atom is 0.407 e. The zero-order chi connectivity index (χ0) is 23.3. The van der Waals surface area contributed by atoms with Crippen molar-refractivity contribution >= 4 is 12.2 Å². The molecule has 0 aliphatic heterocycles. The van der Waals surface area contributed by atoms with Gasteiger partial charge >= 0.3 is 12.2 Å². The first-order valence-corrected chi connectivity index (χ1v) is 10.5. The van der Waals surface area contributed by atoms with E-state index in [1.807, 2.05) is 13.8 Å². The molecule has 8 nitrogen and oxygen atoms in total. The Labute approximate surface area is 182 Å². The number of unbranched alkanes of at least 4 members (excludes halogenated alkanes) is 4. The number of nitrogens with one attached hydrogen (secondary N) is 2. The van der Waals surface area contributed by atoms with Crippen LogP contribution >= 0.6 is 0 Å². The first-order valence-electron chi connectivity index (χ1n) is 10.5. The molecule has 0 spiro atoms. The van der Waals surface area contributed by atoms with Crippen molar-refractivity contribution in [2.24, 2.45) is 0 Å². The van der Waals surface area contributed by atoms with E-state index in [1.165, 1.54) is 0 Å². The maximum atomic E-state index is 10.3. The summed E-state index contributed by atoms with van der Waals surface area (Å²) in [7, 11) is 0. The van der Waals surface area contributed by atoms with Gasteiger partial charge in [-0.25, -0.2) is 9.59 Å². The van der Waals surface area contributed by atoms with Gasteiger partial charge < -0.3 is 30.3 Å². The summed E-state index contributed by atoms with van der Waals surface area (Å²) in [5.74, 6) is 11.4. The van der Waals surface area contributed by atoms with Crippen LogP contribution in [-0.2, 0) is 9.47 Å². The number of carbonyl (C=O) groups is 2. The van der Waals surface area contributed by atoms with E-state index < -0.39 is 0 Å². The van der Waals surface area contributed by atoms with E-state index in [4.69, 9.17) is 10.2 Å². The van der Waals surface area contributed by atoms with Crippen molar-refractivity contribution in [2.75, 3.05) is 39.5 Å². The predicted octanol–water partition coefficient (Wildman–Crippen LogP) is 2.82. The third kappa shape index (κ3) is 36.5. The Bertz CT molecular complexity index is 441. The molecule has 0 saturated carbocycles. The van der Waals surface area contributed by atoms with Gasteiger partial charge in [-0.15, -0.1) is 0 Å². The molecule has 0 rings (SSSR count). The topological polar surface area (TPSA) is 117 Å². The Morgan fingerprint density at radius 1 is 0.700 bits per heavy atom. The third-order valence-electron chi connectivity index (χ3n) is 2.85. The third-order valence-corrected chi connectivity index (χ3v) is 2.85. The molecule has 0 unspecified atom stereocenters. The normalized spacial score (nSPS) is 8.33. The zero-order valence-corrected chi connectivity index (χ0v) is 19.0. The van der Waals surface area contributed by atoms with Gasteiger partial charge in [0.25, 0.3) is 0 Å². The molecular weight excluding hydrogens is 388 g/mol. The highest BCUT2D eigenvalue weighted by Crippen LogP contribution is 1.92. The highest BCUT2D eigenvalue weighted by atomic mass is 16.6. The number of aliphatic hydroxyl groups is 2. The first-order chi connectivity index (χ1) is 14.5. The molecule has 0 aliphatic carbocycles. The fourth-order valence-corrected chi connectivity index (χ4v) is 1.52.